The zero-order chi connectivity index (χ0) is 13.1. The van der Waals surface area contributed by atoms with Crippen LogP contribution in [0, 0.1) is 12.8 Å². The highest BCUT2D eigenvalue weighted by Crippen LogP contribution is 2.33. The van der Waals surface area contributed by atoms with Crippen LogP contribution < -0.4 is 5.32 Å². The van der Waals surface area contributed by atoms with Crippen molar-refractivity contribution >= 4 is 5.82 Å². The lowest BCUT2D eigenvalue weighted by Gasteiger charge is -2.26. The van der Waals surface area contributed by atoms with Crippen molar-refractivity contribution in [2.75, 3.05) is 25.5 Å². The molecule has 0 bridgehead atoms. The molecule has 1 fully saturated rings. The van der Waals surface area contributed by atoms with Crippen LogP contribution in [0.15, 0.2) is 12.3 Å². The summed E-state index contributed by atoms with van der Waals surface area (Å²) in [6, 6.07) is 2.87. The summed E-state index contributed by atoms with van der Waals surface area (Å²) in [7, 11) is 1.93. The van der Waals surface area contributed by atoms with Gasteiger partial charge in [-0.25, -0.2) is 4.98 Å². The highest BCUT2D eigenvalue weighted by Gasteiger charge is 2.26. The van der Waals surface area contributed by atoms with E-state index in [1.165, 1.54) is 37.1 Å². The van der Waals surface area contributed by atoms with Gasteiger partial charge in [-0.05, 0) is 49.4 Å². The molecule has 0 saturated carbocycles. The fourth-order valence-corrected chi connectivity index (χ4v) is 2.93. The van der Waals surface area contributed by atoms with Crippen LogP contribution in [0.2, 0.25) is 0 Å². The van der Waals surface area contributed by atoms with Crippen LogP contribution in [-0.4, -0.2) is 30.0 Å². The van der Waals surface area contributed by atoms with Crippen molar-refractivity contribution in [3.63, 3.8) is 0 Å². The Hall–Kier alpha value is -1.09. The molecule has 1 aromatic rings. The van der Waals surface area contributed by atoms with Crippen LogP contribution in [0.3, 0.4) is 0 Å². The first kappa shape index (κ1) is 13.3. The molecule has 1 saturated heterocycles. The average molecular weight is 247 g/mol. The molecule has 2 rings (SSSR count). The van der Waals surface area contributed by atoms with Crippen molar-refractivity contribution in [1.29, 1.82) is 0 Å². The molecule has 2 heterocycles. The molecular weight excluding hydrogens is 222 g/mol. The summed E-state index contributed by atoms with van der Waals surface area (Å²) >= 11 is 0. The van der Waals surface area contributed by atoms with Gasteiger partial charge in [-0.1, -0.05) is 13.8 Å². The van der Waals surface area contributed by atoms with Gasteiger partial charge in [0.25, 0.3) is 0 Å². The second kappa shape index (κ2) is 5.70. The second-order valence-electron chi connectivity index (χ2n) is 5.73. The van der Waals surface area contributed by atoms with E-state index in [0.717, 1.165) is 11.7 Å². The fourth-order valence-electron chi connectivity index (χ4n) is 2.93. The topological polar surface area (TPSA) is 28.2 Å². The first-order chi connectivity index (χ1) is 8.61. The van der Waals surface area contributed by atoms with Crippen molar-refractivity contribution in [1.82, 2.24) is 9.88 Å². The van der Waals surface area contributed by atoms with Gasteiger partial charge in [0.2, 0.25) is 0 Å². The summed E-state index contributed by atoms with van der Waals surface area (Å²) in [6.07, 6.45) is 4.62. The minimum absolute atomic E-state index is 0.574. The number of rotatable bonds is 4. The van der Waals surface area contributed by atoms with Gasteiger partial charge in [0, 0.05) is 25.8 Å². The summed E-state index contributed by atoms with van der Waals surface area (Å²) in [5, 5.41) is 3.13. The smallest absolute Gasteiger partial charge is 0.128 e. The molecule has 1 aromatic heterocycles. The molecule has 0 unspecified atom stereocenters. The minimum Gasteiger partial charge on any atom is -0.373 e. The number of nitrogens with one attached hydrogen (secondary N) is 1. The van der Waals surface area contributed by atoms with Crippen LogP contribution in [0.25, 0.3) is 0 Å². The van der Waals surface area contributed by atoms with Gasteiger partial charge in [0.15, 0.2) is 0 Å². The van der Waals surface area contributed by atoms with E-state index >= 15 is 0 Å². The summed E-state index contributed by atoms with van der Waals surface area (Å²) in [4.78, 5) is 7.13. The van der Waals surface area contributed by atoms with Gasteiger partial charge >= 0.3 is 0 Å². The number of nitrogens with zero attached hydrogens (tertiary/aromatic N) is 2. The van der Waals surface area contributed by atoms with E-state index in [-0.39, 0.29) is 0 Å². The van der Waals surface area contributed by atoms with E-state index in [9.17, 15) is 0 Å². The molecule has 0 aromatic carbocycles. The summed E-state index contributed by atoms with van der Waals surface area (Å²) < 4.78 is 0. The molecule has 1 aliphatic heterocycles. The van der Waals surface area contributed by atoms with Gasteiger partial charge in [-0.3, -0.25) is 4.90 Å². The molecule has 0 aliphatic carbocycles. The number of anilines is 1. The van der Waals surface area contributed by atoms with Gasteiger partial charge < -0.3 is 5.32 Å². The third-order valence-corrected chi connectivity index (χ3v) is 3.68. The van der Waals surface area contributed by atoms with Crippen LogP contribution in [0.4, 0.5) is 5.82 Å². The predicted molar refractivity (Wildman–Crippen MR) is 76.9 cm³/mol. The Morgan fingerprint density at radius 1 is 1.50 bits per heavy atom. The molecule has 1 N–H and O–H groups in total. The molecule has 100 valence electrons. The highest BCUT2D eigenvalue weighted by molar-refractivity contribution is 5.44. The Labute approximate surface area is 111 Å². The molecule has 18 heavy (non-hydrogen) atoms. The van der Waals surface area contributed by atoms with Gasteiger partial charge in [0.05, 0.1) is 0 Å². The van der Waals surface area contributed by atoms with Crippen molar-refractivity contribution in [3.05, 3.63) is 23.4 Å². The quantitative estimate of drug-likeness (QED) is 0.885. The molecular formula is C15H25N3. The average Bonchev–Trinajstić information content (AvgIpc) is 2.76. The molecule has 0 amide bonds. The second-order valence-corrected chi connectivity index (χ2v) is 5.73. The fraction of sp³-hybridized carbons (Fsp3) is 0.667. The van der Waals surface area contributed by atoms with Gasteiger partial charge in [-0.2, -0.15) is 0 Å². The normalized spacial score (nSPS) is 20.6. The van der Waals surface area contributed by atoms with Gasteiger partial charge in [-0.15, -0.1) is 0 Å². The largest absolute Gasteiger partial charge is 0.373 e. The molecule has 3 nitrogen and oxygen atoms in total. The van der Waals surface area contributed by atoms with E-state index in [4.69, 9.17) is 0 Å². The maximum absolute atomic E-state index is 4.52. The van der Waals surface area contributed by atoms with Crippen LogP contribution in [0.5, 0.6) is 0 Å². The zero-order valence-electron chi connectivity index (χ0n) is 12.0. The van der Waals surface area contributed by atoms with Crippen molar-refractivity contribution in [2.24, 2.45) is 5.92 Å². The Morgan fingerprint density at radius 3 is 2.89 bits per heavy atom. The number of pyridine rings is 1. The Bertz CT molecular complexity index is 401. The SMILES string of the molecule is CNc1ncc([C@@H]2CCCN2CC(C)C)cc1C. The van der Waals surface area contributed by atoms with Crippen LogP contribution in [0.1, 0.15) is 43.9 Å². The number of aromatic nitrogens is 1. The standard InChI is InChI=1S/C15H25N3/c1-11(2)10-18-7-5-6-14(18)13-8-12(3)15(16-4)17-9-13/h8-9,11,14H,5-7,10H2,1-4H3,(H,16,17)/t14-/m0/s1. The molecule has 1 atom stereocenters. The first-order valence-corrected chi connectivity index (χ1v) is 7.00. The number of hydrogen-bond donors (Lipinski definition) is 1. The van der Waals surface area contributed by atoms with Crippen LogP contribution in [-0.2, 0) is 0 Å². The monoisotopic (exact) mass is 247 g/mol. The van der Waals surface area contributed by atoms with Gasteiger partial charge in [0.1, 0.15) is 5.82 Å². The Kier molecular flexibility index (Phi) is 4.23. The summed E-state index contributed by atoms with van der Waals surface area (Å²) in [5.74, 6) is 1.73. The molecule has 0 spiro atoms. The minimum atomic E-state index is 0.574. The van der Waals surface area contributed by atoms with E-state index in [1.54, 1.807) is 0 Å². The molecule has 0 radical (unpaired) electrons. The van der Waals surface area contributed by atoms with E-state index < -0.39 is 0 Å². The first-order valence-electron chi connectivity index (χ1n) is 7.00. The van der Waals surface area contributed by atoms with Crippen molar-refractivity contribution < 1.29 is 0 Å². The number of likely N-dealkylation sites (tertiary alicyclic amines) is 1. The lowest BCUT2D eigenvalue weighted by Crippen LogP contribution is -2.27. The maximum atomic E-state index is 4.52. The van der Waals surface area contributed by atoms with E-state index in [1.807, 2.05) is 13.2 Å². The Morgan fingerprint density at radius 2 is 2.28 bits per heavy atom. The predicted octanol–water partition coefficient (Wildman–Crippen LogP) is 3.22. The van der Waals surface area contributed by atoms with Crippen molar-refractivity contribution in [3.8, 4) is 0 Å². The van der Waals surface area contributed by atoms with E-state index in [2.05, 4.69) is 42.0 Å². The number of aryl methyl sites for hydroxylation is 1. The lowest BCUT2D eigenvalue weighted by atomic mass is 10.0. The van der Waals surface area contributed by atoms with E-state index in [0.29, 0.717) is 6.04 Å². The lowest BCUT2D eigenvalue weighted by molar-refractivity contribution is 0.228. The highest BCUT2D eigenvalue weighted by atomic mass is 15.2. The maximum Gasteiger partial charge on any atom is 0.128 e. The summed E-state index contributed by atoms with van der Waals surface area (Å²) in [5.41, 5.74) is 2.62. The summed E-state index contributed by atoms with van der Waals surface area (Å²) in [6.45, 7) is 9.14. The molecule has 1 aliphatic rings. The number of hydrogen-bond acceptors (Lipinski definition) is 3. The van der Waals surface area contributed by atoms with Crippen molar-refractivity contribution in [2.45, 2.75) is 39.7 Å². The van der Waals surface area contributed by atoms with Crippen LogP contribution >= 0.6 is 0 Å². The molecule has 3 heteroatoms. The third kappa shape index (κ3) is 2.83. The Balaban J connectivity index is 2.17. The third-order valence-electron chi connectivity index (χ3n) is 3.68. The zero-order valence-corrected chi connectivity index (χ0v) is 12.0.